The Bertz CT molecular complexity index is 386. The van der Waals surface area contributed by atoms with E-state index in [2.05, 4.69) is 25.7 Å². The molecule has 0 spiro atoms. The molecule has 1 aromatic heterocycles. The highest BCUT2D eigenvalue weighted by molar-refractivity contribution is 14.1. The average Bonchev–Trinajstić information content (AvgIpc) is 2.14. The molecule has 0 fully saturated rings. The van der Waals surface area contributed by atoms with Gasteiger partial charge in [-0.15, -0.1) is 13.2 Å². The summed E-state index contributed by atoms with van der Waals surface area (Å²) in [4.78, 5) is 4.02. The van der Waals surface area contributed by atoms with Crippen LogP contribution in [0.25, 0.3) is 0 Å². The Morgan fingerprint density at radius 2 is 2.12 bits per heavy atom. The molecule has 0 saturated heterocycles. The summed E-state index contributed by atoms with van der Waals surface area (Å²) in [5, 5.41) is 0.335. The second-order valence-corrected chi connectivity index (χ2v) is 4.20. The molecule has 0 aliphatic heterocycles. The van der Waals surface area contributed by atoms with Gasteiger partial charge in [0.25, 0.3) is 0 Å². The van der Waals surface area contributed by atoms with Crippen molar-refractivity contribution in [3.63, 3.8) is 0 Å². The number of aromatic nitrogens is 1. The van der Waals surface area contributed by atoms with Crippen LogP contribution in [0.5, 0.6) is 11.5 Å². The van der Waals surface area contributed by atoms with Gasteiger partial charge in [0.2, 0.25) is 0 Å². The molecule has 0 aliphatic rings. The zero-order valence-electron chi connectivity index (χ0n) is 7.94. The van der Waals surface area contributed by atoms with Crippen molar-refractivity contribution < 1.29 is 22.6 Å². The van der Waals surface area contributed by atoms with E-state index in [0.29, 0.717) is 14.7 Å². The van der Waals surface area contributed by atoms with E-state index in [9.17, 15) is 13.2 Å². The van der Waals surface area contributed by atoms with Gasteiger partial charge in [-0.05, 0) is 22.6 Å². The highest BCUT2D eigenvalue weighted by atomic mass is 127. The summed E-state index contributed by atoms with van der Waals surface area (Å²) in [6.07, 6.45) is -4.75. The van der Waals surface area contributed by atoms with Gasteiger partial charge < -0.3 is 9.47 Å². The van der Waals surface area contributed by atoms with Gasteiger partial charge in [0.05, 0.1) is 12.8 Å². The third-order valence-corrected chi connectivity index (χ3v) is 2.82. The first-order chi connectivity index (χ1) is 7.37. The molecule has 16 heavy (non-hydrogen) atoms. The fourth-order valence-corrected chi connectivity index (χ4v) is 2.06. The van der Waals surface area contributed by atoms with E-state index in [0.717, 1.165) is 0 Å². The molecule has 0 atom stereocenters. The standard InChI is InChI=1S/C8H6BrF3INO2/c1-15-6-5(16-8(10,11)12)2-4(3-9)14-7(6)13/h2H,3H2,1H3. The van der Waals surface area contributed by atoms with Crippen molar-refractivity contribution in [1.29, 1.82) is 0 Å². The second kappa shape index (κ2) is 5.39. The van der Waals surface area contributed by atoms with Gasteiger partial charge in [-0.25, -0.2) is 4.98 Å². The number of halogens is 5. The van der Waals surface area contributed by atoms with Crippen molar-refractivity contribution in [3.8, 4) is 11.5 Å². The zero-order valence-corrected chi connectivity index (χ0v) is 11.7. The fourth-order valence-electron chi connectivity index (χ4n) is 0.981. The number of methoxy groups -OCH3 is 1. The van der Waals surface area contributed by atoms with Crippen LogP contribution in [-0.4, -0.2) is 18.5 Å². The van der Waals surface area contributed by atoms with E-state index in [1.54, 1.807) is 22.6 Å². The van der Waals surface area contributed by atoms with Crippen LogP contribution >= 0.6 is 38.5 Å². The molecular weight excluding hydrogens is 406 g/mol. The third-order valence-electron chi connectivity index (χ3n) is 1.52. The number of rotatable bonds is 3. The lowest BCUT2D eigenvalue weighted by Crippen LogP contribution is -2.18. The van der Waals surface area contributed by atoms with Gasteiger partial charge in [0.15, 0.2) is 11.5 Å². The molecule has 0 saturated carbocycles. The molecule has 0 bridgehead atoms. The summed E-state index contributed by atoms with van der Waals surface area (Å²) < 4.78 is 45.3. The van der Waals surface area contributed by atoms with E-state index in [-0.39, 0.29) is 11.5 Å². The van der Waals surface area contributed by atoms with Crippen LogP contribution < -0.4 is 9.47 Å². The van der Waals surface area contributed by atoms with E-state index in [1.165, 1.54) is 13.2 Å². The Hall–Kier alpha value is -0.250. The number of ether oxygens (including phenoxy) is 2. The molecule has 0 unspecified atom stereocenters. The maximum absolute atomic E-state index is 12.1. The van der Waals surface area contributed by atoms with Crippen LogP contribution in [0.4, 0.5) is 13.2 Å². The lowest BCUT2D eigenvalue weighted by Gasteiger charge is -2.14. The minimum absolute atomic E-state index is 0.0253. The maximum atomic E-state index is 12.1. The second-order valence-electron chi connectivity index (χ2n) is 2.62. The van der Waals surface area contributed by atoms with Crippen LogP contribution in [0.3, 0.4) is 0 Å². The number of alkyl halides is 4. The minimum atomic E-state index is -4.75. The molecule has 0 radical (unpaired) electrons. The van der Waals surface area contributed by atoms with Gasteiger partial charge in [-0.1, -0.05) is 15.9 Å². The molecule has 90 valence electrons. The molecule has 0 aromatic carbocycles. The van der Waals surface area contributed by atoms with Gasteiger partial charge in [0.1, 0.15) is 3.70 Å². The monoisotopic (exact) mass is 411 g/mol. The van der Waals surface area contributed by atoms with E-state index >= 15 is 0 Å². The molecular formula is C8H6BrF3INO2. The molecule has 1 heterocycles. The molecule has 0 aliphatic carbocycles. The molecule has 3 nitrogen and oxygen atoms in total. The molecule has 8 heteroatoms. The van der Waals surface area contributed by atoms with Crippen molar-refractivity contribution in [2.75, 3.05) is 7.11 Å². The maximum Gasteiger partial charge on any atom is 0.573 e. The Balaban J connectivity index is 3.18. The van der Waals surface area contributed by atoms with E-state index < -0.39 is 6.36 Å². The van der Waals surface area contributed by atoms with Crippen molar-refractivity contribution in [1.82, 2.24) is 4.98 Å². The predicted octanol–water partition coefficient (Wildman–Crippen LogP) is 3.49. The molecule has 0 amide bonds. The number of pyridine rings is 1. The van der Waals surface area contributed by atoms with Crippen LogP contribution in [-0.2, 0) is 5.33 Å². The topological polar surface area (TPSA) is 31.4 Å². The van der Waals surface area contributed by atoms with Gasteiger partial charge in [-0.3, -0.25) is 0 Å². The first-order valence-electron chi connectivity index (χ1n) is 3.92. The highest BCUT2D eigenvalue weighted by Gasteiger charge is 2.33. The Morgan fingerprint density at radius 1 is 1.50 bits per heavy atom. The SMILES string of the molecule is COc1c(OC(F)(F)F)cc(CBr)nc1I. The van der Waals surface area contributed by atoms with Crippen LogP contribution in [0.15, 0.2) is 6.07 Å². The summed E-state index contributed by atoms with van der Waals surface area (Å²) >= 11 is 4.89. The van der Waals surface area contributed by atoms with Crippen LogP contribution in [0.2, 0.25) is 0 Å². The number of hydrogen-bond donors (Lipinski definition) is 0. The van der Waals surface area contributed by atoms with E-state index in [4.69, 9.17) is 4.74 Å². The van der Waals surface area contributed by atoms with Gasteiger partial charge in [-0.2, -0.15) is 0 Å². The fraction of sp³-hybridized carbons (Fsp3) is 0.375. The Morgan fingerprint density at radius 3 is 2.56 bits per heavy atom. The van der Waals surface area contributed by atoms with Gasteiger partial charge >= 0.3 is 6.36 Å². The number of nitrogens with zero attached hydrogens (tertiary/aromatic N) is 1. The average molecular weight is 412 g/mol. The van der Waals surface area contributed by atoms with Crippen LogP contribution in [0.1, 0.15) is 5.69 Å². The van der Waals surface area contributed by atoms with Gasteiger partial charge in [0, 0.05) is 11.4 Å². The molecule has 1 aromatic rings. The smallest absolute Gasteiger partial charge is 0.490 e. The lowest BCUT2D eigenvalue weighted by atomic mass is 10.3. The number of hydrogen-bond acceptors (Lipinski definition) is 3. The highest BCUT2D eigenvalue weighted by Crippen LogP contribution is 2.35. The first kappa shape index (κ1) is 13.8. The summed E-state index contributed by atoms with van der Waals surface area (Å²) in [5.74, 6) is -0.411. The van der Waals surface area contributed by atoms with Crippen molar-refractivity contribution >= 4 is 38.5 Å². The minimum Gasteiger partial charge on any atom is -0.490 e. The lowest BCUT2D eigenvalue weighted by molar-refractivity contribution is -0.275. The van der Waals surface area contributed by atoms with Crippen molar-refractivity contribution in [2.24, 2.45) is 0 Å². The third kappa shape index (κ3) is 3.65. The summed E-state index contributed by atoms with van der Waals surface area (Å²) in [6.45, 7) is 0. The normalized spacial score (nSPS) is 11.4. The molecule has 1 rings (SSSR count). The van der Waals surface area contributed by atoms with Crippen molar-refractivity contribution in [3.05, 3.63) is 15.5 Å². The van der Waals surface area contributed by atoms with E-state index in [1.807, 2.05) is 0 Å². The summed E-state index contributed by atoms with van der Waals surface area (Å²) in [5.41, 5.74) is 0.435. The largest absolute Gasteiger partial charge is 0.573 e. The summed E-state index contributed by atoms with van der Waals surface area (Å²) in [7, 11) is 1.26. The molecule has 0 N–H and O–H groups in total. The first-order valence-corrected chi connectivity index (χ1v) is 6.12. The summed E-state index contributed by atoms with van der Waals surface area (Å²) in [6, 6.07) is 1.18. The van der Waals surface area contributed by atoms with Crippen LogP contribution in [0, 0.1) is 3.70 Å². The zero-order chi connectivity index (χ0) is 12.3. The Labute approximate surface area is 112 Å². The van der Waals surface area contributed by atoms with Crippen molar-refractivity contribution in [2.45, 2.75) is 11.7 Å². The Kier molecular flexibility index (Phi) is 4.65. The quantitative estimate of drug-likeness (QED) is 0.433. The predicted molar refractivity (Wildman–Crippen MR) is 62.8 cm³/mol.